The summed E-state index contributed by atoms with van der Waals surface area (Å²) in [5.41, 5.74) is 1.64. The first-order valence-electron chi connectivity index (χ1n) is 5.89. The van der Waals surface area contributed by atoms with Crippen molar-refractivity contribution in [2.45, 2.75) is 6.54 Å². The lowest BCUT2D eigenvalue weighted by Crippen LogP contribution is -2.28. The normalized spacial score (nSPS) is 10.4. The van der Waals surface area contributed by atoms with Crippen molar-refractivity contribution in [1.82, 2.24) is 15.1 Å². The van der Waals surface area contributed by atoms with E-state index in [-0.39, 0.29) is 12.5 Å². The van der Waals surface area contributed by atoms with Gasteiger partial charge in [-0.05, 0) is 18.2 Å². The molecule has 2 N–H and O–H groups in total. The molecule has 2 rings (SSSR count). The fraction of sp³-hybridized carbons (Fsp3) is 0.231. The molecule has 0 spiro atoms. The molecule has 0 saturated heterocycles. The molecule has 1 aromatic heterocycles. The summed E-state index contributed by atoms with van der Waals surface area (Å²) in [4.78, 5) is 11.7. The minimum absolute atomic E-state index is 0.129. The molecule has 0 bridgehead atoms. The van der Waals surface area contributed by atoms with Crippen molar-refractivity contribution >= 4 is 23.2 Å². The van der Waals surface area contributed by atoms with E-state index in [4.69, 9.17) is 11.6 Å². The first-order chi connectivity index (χ1) is 9.16. The summed E-state index contributed by atoms with van der Waals surface area (Å²) in [7, 11) is 1.86. The van der Waals surface area contributed by atoms with Gasteiger partial charge < -0.3 is 10.6 Å². The number of carbonyl (C=O) groups is 1. The average Bonchev–Trinajstić information content (AvgIpc) is 2.78. The van der Waals surface area contributed by atoms with Crippen LogP contribution in [-0.2, 0) is 18.4 Å². The molecule has 5 nitrogen and oxygen atoms in total. The van der Waals surface area contributed by atoms with E-state index < -0.39 is 0 Å². The van der Waals surface area contributed by atoms with Gasteiger partial charge in [0, 0.05) is 19.8 Å². The standard InChI is InChI=1S/C13H15ClN4O/c1-18-10(6-7-16-18)8-15-9-13(19)17-12-5-3-2-4-11(12)14/h2-7,15H,8-9H2,1H3,(H,17,19). The maximum atomic E-state index is 11.7. The summed E-state index contributed by atoms with van der Waals surface area (Å²) in [6.45, 7) is 0.808. The number of amides is 1. The van der Waals surface area contributed by atoms with Gasteiger partial charge in [0.25, 0.3) is 0 Å². The number of aromatic nitrogens is 2. The fourth-order valence-electron chi connectivity index (χ4n) is 1.64. The molecule has 1 amide bonds. The van der Waals surface area contributed by atoms with Crippen molar-refractivity contribution in [2.24, 2.45) is 7.05 Å². The van der Waals surface area contributed by atoms with Crippen molar-refractivity contribution in [1.29, 1.82) is 0 Å². The highest BCUT2D eigenvalue weighted by Crippen LogP contribution is 2.19. The van der Waals surface area contributed by atoms with Crippen molar-refractivity contribution in [3.05, 3.63) is 47.2 Å². The van der Waals surface area contributed by atoms with Gasteiger partial charge in [-0.15, -0.1) is 0 Å². The first-order valence-corrected chi connectivity index (χ1v) is 6.26. The molecule has 0 radical (unpaired) electrons. The van der Waals surface area contributed by atoms with E-state index in [2.05, 4.69) is 15.7 Å². The van der Waals surface area contributed by atoms with Crippen LogP contribution in [0.2, 0.25) is 5.02 Å². The van der Waals surface area contributed by atoms with Crippen LogP contribution in [0.25, 0.3) is 0 Å². The minimum Gasteiger partial charge on any atom is -0.324 e. The lowest BCUT2D eigenvalue weighted by molar-refractivity contribution is -0.115. The number of carbonyl (C=O) groups excluding carboxylic acids is 1. The lowest BCUT2D eigenvalue weighted by Gasteiger charge is -2.08. The maximum Gasteiger partial charge on any atom is 0.238 e. The van der Waals surface area contributed by atoms with Crippen LogP contribution in [0.4, 0.5) is 5.69 Å². The second kappa shape index (κ2) is 6.36. The smallest absolute Gasteiger partial charge is 0.238 e. The Hall–Kier alpha value is -1.85. The Morgan fingerprint density at radius 3 is 2.84 bits per heavy atom. The molecular formula is C13H15ClN4O. The summed E-state index contributed by atoms with van der Waals surface area (Å²) in [6, 6.07) is 9.05. The summed E-state index contributed by atoms with van der Waals surface area (Å²) < 4.78 is 1.76. The van der Waals surface area contributed by atoms with Crippen LogP contribution >= 0.6 is 11.6 Å². The van der Waals surface area contributed by atoms with Gasteiger partial charge >= 0.3 is 0 Å². The Morgan fingerprint density at radius 2 is 2.16 bits per heavy atom. The molecule has 0 fully saturated rings. The number of para-hydroxylation sites is 1. The fourth-order valence-corrected chi connectivity index (χ4v) is 1.82. The van der Waals surface area contributed by atoms with Crippen molar-refractivity contribution < 1.29 is 4.79 Å². The number of halogens is 1. The molecule has 0 aliphatic carbocycles. The van der Waals surface area contributed by atoms with Gasteiger partial charge in [0.1, 0.15) is 0 Å². The van der Waals surface area contributed by atoms with Gasteiger partial charge in [-0.3, -0.25) is 9.48 Å². The maximum absolute atomic E-state index is 11.7. The van der Waals surface area contributed by atoms with Crippen LogP contribution in [0.5, 0.6) is 0 Å². The lowest BCUT2D eigenvalue weighted by atomic mass is 10.3. The molecule has 6 heteroatoms. The van der Waals surface area contributed by atoms with Gasteiger partial charge in [0.15, 0.2) is 0 Å². The monoisotopic (exact) mass is 278 g/mol. The van der Waals surface area contributed by atoms with E-state index in [1.807, 2.05) is 25.2 Å². The van der Waals surface area contributed by atoms with Gasteiger partial charge in [0.05, 0.1) is 22.9 Å². The summed E-state index contributed by atoms with van der Waals surface area (Å²) >= 11 is 5.96. The molecule has 0 unspecified atom stereocenters. The topological polar surface area (TPSA) is 59.0 Å². The molecule has 0 saturated carbocycles. The Bertz CT molecular complexity index is 567. The molecule has 1 aromatic carbocycles. The quantitative estimate of drug-likeness (QED) is 0.877. The van der Waals surface area contributed by atoms with Gasteiger partial charge in [-0.1, -0.05) is 23.7 Å². The Morgan fingerprint density at radius 1 is 1.37 bits per heavy atom. The molecule has 2 aromatic rings. The molecule has 0 aliphatic heterocycles. The molecular weight excluding hydrogens is 264 g/mol. The largest absolute Gasteiger partial charge is 0.324 e. The van der Waals surface area contributed by atoms with Crippen LogP contribution in [0.15, 0.2) is 36.5 Å². The Labute approximate surface area is 116 Å². The average molecular weight is 279 g/mol. The number of nitrogens with zero attached hydrogens (tertiary/aromatic N) is 2. The molecule has 0 atom stereocenters. The highest BCUT2D eigenvalue weighted by atomic mass is 35.5. The van der Waals surface area contributed by atoms with E-state index >= 15 is 0 Å². The second-order valence-electron chi connectivity index (χ2n) is 4.08. The number of nitrogens with one attached hydrogen (secondary N) is 2. The zero-order chi connectivity index (χ0) is 13.7. The van der Waals surface area contributed by atoms with Gasteiger partial charge in [-0.25, -0.2) is 0 Å². The molecule has 1 heterocycles. The van der Waals surface area contributed by atoms with Crippen LogP contribution < -0.4 is 10.6 Å². The van der Waals surface area contributed by atoms with Crippen LogP contribution in [0.1, 0.15) is 5.69 Å². The van der Waals surface area contributed by atoms with Crippen molar-refractivity contribution in [2.75, 3.05) is 11.9 Å². The van der Waals surface area contributed by atoms with Crippen LogP contribution in [0, 0.1) is 0 Å². The summed E-state index contributed by atoms with van der Waals surface area (Å²) in [5.74, 6) is -0.129. The number of hydrogen-bond donors (Lipinski definition) is 2. The zero-order valence-electron chi connectivity index (χ0n) is 10.6. The Balaban J connectivity index is 1.79. The molecule has 0 aliphatic rings. The second-order valence-corrected chi connectivity index (χ2v) is 4.48. The summed E-state index contributed by atoms with van der Waals surface area (Å²) in [6.07, 6.45) is 1.72. The highest BCUT2D eigenvalue weighted by Gasteiger charge is 2.05. The SMILES string of the molecule is Cn1nccc1CNCC(=O)Nc1ccccc1Cl. The van der Waals surface area contributed by atoms with E-state index in [0.717, 1.165) is 5.69 Å². The molecule has 100 valence electrons. The predicted molar refractivity (Wildman–Crippen MR) is 75.0 cm³/mol. The van der Waals surface area contributed by atoms with Crippen LogP contribution in [-0.4, -0.2) is 22.2 Å². The van der Waals surface area contributed by atoms with E-state index in [9.17, 15) is 4.79 Å². The third-order valence-electron chi connectivity index (χ3n) is 2.66. The zero-order valence-corrected chi connectivity index (χ0v) is 11.3. The number of anilines is 1. The summed E-state index contributed by atoms with van der Waals surface area (Å²) in [5, 5.41) is 10.4. The molecule has 19 heavy (non-hydrogen) atoms. The first kappa shape index (κ1) is 13.6. The van der Waals surface area contributed by atoms with E-state index in [1.165, 1.54) is 0 Å². The van der Waals surface area contributed by atoms with Crippen molar-refractivity contribution in [3.63, 3.8) is 0 Å². The minimum atomic E-state index is -0.129. The van der Waals surface area contributed by atoms with Gasteiger partial charge in [0.2, 0.25) is 5.91 Å². The van der Waals surface area contributed by atoms with E-state index in [0.29, 0.717) is 17.3 Å². The predicted octanol–water partition coefficient (Wildman–Crippen LogP) is 1.80. The number of aryl methyl sites for hydroxylation is 1. The number of rotatable bonds is 5. The highest BCUT2D eigenvalue weighted by molar-refractivity contribution is 6.33. The number of hydrogen-bond acceptors (Lipinski definition) is 3. The Kier molecular flexibility index (Phi) is 4.54. The third-order valence-corrected chi connectivity index (χ3v) is 2.99. The van der Waals surface area contributed by atoms with Gasteiger partial charge in [-0.2, -0.15) is 5.10 Å². The number of benzene rings is 1. The van der Waals surface area contributed by atoms with Crippen LogP contribution in [0.3, 0.4) is 0 Å². The van der Waals surface area contributed by atoms with E-state index in [1.54, 1.807) is 23.0 Å². The van der Waals surface area contributed by atoms with Crippen molar-refractivity contribution in [3.8, 4) is 0 Å². The third kappa shape index (κ3) is 3.81.